The molecule has 0 spiro atoms. The van der Waals surface area contributed by atoms with Gasteiger partial charge in [0.15, 0.2) is 0 Å². The largest absolute Gasteiger partial charge is 0.383 e. The van der Waals surface area contributed by atoms with Crippen molar-refractivity contribution in [2.45, 2.75) is 33.2 Å². The lowest BCUT2D eigenvalue weighted by Gasteiger charge is -2.13. The van der Waals surface area contributed by atoms with E-state index >= 15 is 0 Å². The van der Waals surface area contributed by atoms with Gasteiger partial charge in [-0.25, -0.2) is 0 Å². The monoisotopic (exact) mass is 208 g/mol. The molecule has 0 saturated heterocycles. The summed E-state index contributed by atoms with van der Waals surface area (Å²) < 4.78 is 0. The molecule has 4 heteroatoms. The maximum atomic E-state index is 10.6. The Kier molecular flexibility index (Phi) is 3.66. The van der Waals surface area contributed by atoms with E-state index in [1.807, 2.05) is 6.07 Å². The summed E-state index contributed by atoms with van der Waals surface area (Å²) in [6.45, 7) is 5.92. The molecule has 15 heavy (non-hydrogen) atoms. The first-order valence-electron chi connectivity index (χ1n) is 5.06. The molecule has 1 aromatic carbocycles. The minimum Gasteiger partial charge on any atom is -0.383 e. The number of rotatable bonds is 4. The van der Waals surface area contributed by atoms with Crippen LogP contribution in [0, 0.1) is 17.0 Å². The van der Waals surface area contributed by atoms with Crippen LogP contribution in [0.3, 0.4) is 0 Å². The zero-order chi connectivity index (χ0) is 11.4. The van der Waals surface area contributed by atoms with E-state index in [9.17, 15) is 10.1 Å². The lowest BCUT2D eigenvalue weighted by molar-refractivity contribution is -0.385. The lowest BCUT2D eigenvalue weighted by atomic mass is 10.1. The molecule has 4 nitrogen and oxygen atoms in total. The van der Waals surface area contributed by atoms with Crippen molar-refractivity contribution >= 4 is 11.4 Å². The zero-order valence-electron chi connectivity index (χ0n) is 9.28. The van der Waals surface area contributed by atoms with Gasteiger partial charge in [0.2, 0.25) is 0 Å². The highest BCUT2D eigenvalue weighted by Gasteiger charge is 2.10. The second-order valence-corrected chi connectivity index (χ2v) is 3.71. The average molecular weight is 208 g/mol. The highest BCUT2D eigenvalue weighted by atomic mass is 16.6. The lowest BCUT2D eigenvalue weighted by Crippen LogP contribution is -2.13. The molecule has 0 heterocycles. The van der Waals surface area contributed by atoms with Crippen molar-refractivity contribution in [1.29, 1.82) is 0 Å². The Balaban J connectivity index is 2.87. The number of anilines is 1. The third-order valence-corrected chi connectivity index (χ3v) is 2.42. The van der Waals surface area contributed by atoms with Crippen LogP contribution >= 0.6 is 0 Å². The van der Waals surface area contributed by atoms with Crippen LogP contribution in [-0.2, 0) is 0 Å². The normalized spacial score (nSPS) is 12.2. The maximum absolute atomic E-state index is 10.6. The molecule has 0 unspecified atom stereocenters. The van der Waals surface area contributed by atoms with Gasteiger partial charge >= 0.3 is 0 Å². The molecule has 82 valence electrons. The summed E-state index contributed by atoms with van der Waals surface area (Å²) in [5.41, 5.74) is 1.80. The first-order valence-corrected chi connectivity index (χ1v) is 5.06. The van der Waals surface area contributed by atoms with E-state index in [1.54, 1.807) is 19.1 Å². The molecule has 1 N–H and O–H groups in total. The van der Waals surface area contributed by atoms with Crippen molar-refractivity contribution in [3.05, 3.63) is 33.9 Å². The second-order valence-electron chi connectivity index (χ2n) is 3.71. The predicted octanol–water partition coefficient (Wildman–Crippen LogP) is 3.11. The number of hydrogen-bond acceptors (Lipinski definition) is 3. The number of nitrogens with one attached hydrogen (secondary N) is 1. The van der Waals surface area contributed by atoms with E-state index in [4.69, 9.17) is 0 Å². The average Bonchev–Trinajstić information content (AvgIpc) is 2.17. The Morgan fingerprint density at radius 1 is 1.53 bits per heavy atom. The van der Waals surface area contributed by atoms with E-state index in [0.29, 0.717) is 11.6 Å². The van der Waals surface area contributed by atoms with Crippen LogP contribution in [0.25, 0.3) is 0 Å². The molecule has 0 amide bonds. The molecular weight excluding hydrogens is 192 g/mol. The molecule has 0 aromatic heterocycles. The van der Waals surface area contributed by atoms with Gasteiger partial charge in [0.05, 0.1) is 4.92 Å². The highest BCUT2D eigenvalue weighted by Crippen LogP contribution is 2.22. The Labute approximate surface area is 89.5 Å². The number of nitro benzene ring substituents is 1. The van der Waals surface area contributed by atoms with Crippen molar-refractivity contribution in [2.75, 3.05) is 5.32 Å². The van der Waals surface area contributed by atoms with Crippen LogP contribution in [0.4, 0.5) is 11.4 Å². The summed E-state index contributed by atoms with van der Waals surface area (Å²) >= 11 is 0. The van der Waals surface area contributed by atoms with Crippen LogP contribution in [0.1, 0.15) is 25.8 Å². The van der Waals surface area contributed by atoms with E-state index in [1.165, 1.54) is 0 Å². The zero-order valence-corrected chi connectivity index (χ0v) is 9.28. The van der Waals surface area contributed by atoms with E-state index in [-0.39, 0.29) is 10.6 Å². The summed E-state index contributed by atoms with van der Waals surface area (Å²) in [5.74, 6) is 0. The summed E-state index contributed by atoms with van der Waals surface area (Å²) in [4.78, 5) is 10.2. The smallest absolute Gasteiger partial charge is 0.272 e. The minimum absolute atomic E-state index is 0.171. The second kappa shape index (κ2) is 4.77. The molecule has 0 radical (unpaired) electrons. The quantitative estimate of drug-likeness (QED) is 0.611. The molecule has 1 atom stereocenters. The Morgan fingerprint density at radius 2 is 2.20 bits per heavy atom. The van der Waals surface area contributed by atoms with Gasteiger partial charge in [-0.3, -0.25) is 10.1 Å². The third-order valence-electron chi connectivity index (χ3n) is 2.42. The minimum atomic E-state index is -0.359. The Morgan fingerprint density at radius 3 is 2.67 bits per heavy atom. The molecule has 0 bridgehead atoms. The molecular formula is C11H16N2O2. The number of hydrogen-bond donors (Lipinski definition) is 1. The van der Waals surface area contributed by atoms with Crippen molar-refractivity contribution in [2.24, 2.45) is 0 Å². The molecule has 0 aliphatic heterocycles. The fraction of sp³-hybridized carbons (Fsp3) is 0.455. The standard InChI is InChI=1S/C11H16N2O2/c1-4-9(3)12-10-5-6-11(13(14)15)8(2)7-10/h5-7,9,12H,4H2,1-3H3/t9-/m1/s1. The highest BCUT2D eigenvalue weighted by molar-refractivity contribution is 5.53. The first-order chi connectivity index (χ1) is 7.04. The fourth-order valence-electron chi connectivity index (χ4n) is 1.34. The number of nitro groups is 1. The Bertz CT molecular complexity index is 364. The van der Waals surface area contributed by atoms with Crippen molar-refractivity contribution < 1.29 is 4.92 Å². The molecule has 0 fully saturated rings. The van der Waals surface area contributed by atoms with Crippen molar-refractivity contribution in [3.63, 3.8) is 0 Å². The van der Waals surface area contributed by atoms with Crippen LogP contribution < -0.4 is 5.32 Å². The molecule has 1 rings (SSSR count). The first kappa shape index (κ1) is 11.5. The van der Waals surface area contributed by atoms with Crippen molar-refractivity contribution in [3.8, 4) is 0 Å². The van der Waals surface area contributed by atoms with Crippen LogP contribution in [0.15, 0.2) is 18.2 Å². The van der Waals surface area contributed by atoms with Gasteiger partial charge in [-0.2, -0.15) is 0 Å². The summed E-state index contributed by atoms with van der Waals surface area (Å²) in [7, 11) is 0. The van der Waals surface area contributed by atoms with Gasteiger partial charge in [0.1, 0.15) is 0 Å². The summed E-state index contributed by atoms with van der Waals surface area (Å²) in [6, 6.07) is 5.48. The summed E-state index contributed by atoms with van der Waals surface area (Å²) in [5, 5.41) is 13.9. The van der Waals surface area contributed by atoms with Gasteiger partial charge < -0.3 is 5.32 Å². The molecule has 0 aliphatic carbocycles. The van der Waals surface area contributed by atoms with Crippen LogP contribution in [-0.4, -0.2) is 11.0 Å². The van der Waals surface area contributed by atoms with Gasteiger partial charge in [0, 0.05) is 23.4 Å². The SMILES string of the molecule is CC[C@@H](C)Nc1ccc([N+](=O)[O-])c(C)c1. The van der Waals surface area contributed by atoms with Gasteiger partial charge in [-0.15, -0.1) is 0 Å². The molecule has 0 saturated carbocycles. The summed E-state index contributed by atoms with van der Waals surface area (Å²) in [6.07, 6.45) is 1.02. The van der Waals surface area contributed by atoms with Gasteiger partial charge in [-0.1, -0.05) is 6.92 Å². The topological polar surface area (TPSA) is 55.2 Å². The third kappa shape index (κ3) is 2.94. The fourth-order valence-corrected chi connectivity index (χ4v) is 1.34. The number of aryl methyl sites for hydroxylation is 1. The predicted molar refractivity (Wildman–Crippen MR) is 61.2 cm³/mol. The van der Waals surface area contributed by atoms with E-state index < -0.39 is 0 Å². The van der Waals surface area contributed by atoms with Crippen molar-refractivity contribution in [1.82, 2.24) is 0 Å². The number of nitrogens with zero attached hydrogens (tertiary/aromatic N) is 1. The van der Waals surface area contributed by atoms with E-state index in [0.717, 1.165) is 12.1 Å². The number of benzene rings is 1. The Hall–Kier alpha value is -1.58. The molecule has 0 aliphatic rings. The van der Waals surface area contributed by atoms with Gasteiger partial charge in [0.25, 0.3) is 5.69 Å². The molecule has 1 aromatic rings. The maximum Gasteiger partial charge on any atom is 0.272 e. The van der Waals surface area contributed by atoms with Crippen LogP contribution in [0.2, 0.25) is 0 Å². The van der Waals surface area contributed by atoms with Crippen LogP contribution in [0.5, 0.6) is 0 Å². The van der Waals surface area contributed by atoms with E-state index in [2.05, 4.69) is 19.2 Å². The van der Waals surface area contributed by atoms with Gasteiger partial charge in [-0.05, 0) is 32.4 Å².